The first-order valence-electron chi connectivity index (χ1n) is 6.32. The van der Waals surface area contributed by atoms with E-state index in [2.05, 4.69) is 17.4 Å². The van der Waals surface area contributed by atoms with E-state index in [0.29, 0.717) is 13.0 Å². The smallest absolute Gasteiger partial charge is 0.323 e. The van der Waals surface area contributed by atoms with Gasteiger partial charge in [0.15, 0.2) is 0 Å². The Balaban J connectivity index is 1.60. The van der Waals surface area contributed by atoms with Crippen LogP contribution >= 0.6 is 11.3 Å². The maximum absolute atomic E-state index is 12.0. The topological polar surface area (TPSA) is 38.3 Å². The van der Waals surface area contributed by atoms with Crippen LogP contribution in [0.3, 0.4) is 0 Å². The molecule has 0 radical (unpaired) electrons. The molecule has 19 heavy (non-hydrogen) atoms. The average Bonchev–Trinajstić information content (AvgIpc) is 2.97. The van der Waals surface area contributed by atoms with Crippen LogP contribution < -0.4 is 5.32 Å². The van der Waals surface area contributed by atoms with Gasteiger partial charge in [0, 0.05) is 11.4 Å². The molecule has 1 aromatic heterocycles. The van der Waals surface area contributed by atoms with E-state index in [1.165, 1.54) is 11.1 Å². The summed E-state index contributed by atoms with van der Waals surface area (Å²) in [7, 11) is 0. The molecular weight excluding hydrogens is 258 g/mol. The first-order chi connectivity index (χ1) is 9.33. The largest absolute Gasteiger partial charge is 0.459 e. The third-order valence-corrected chi connectivity index (χ3v) is 4.15. The summed E-state index contributed by atoms with van der Waals surface area (Å²) >= 11 is 1.60. The normalized spacial score (nSPS) is 17.8. The Morgan fingerprint density at radius 3 is 2.89 bits per heavy atom. The van der Waals surface area contributed by atoms with Crippen molar-refractivity contribution < 1.29 is 9.53 Å². The minimum Gasteiger partial charge on any atom is -0.459 e. The zero-order valence-electron chi connectivity index (χ0n) is 10.5. The highest BCUT2D eigenvalue weighted by Crippen LogP contribution is 2.17. The molecule has 1 atom stereocenters. The van der Waals surface area contributed by atoms with E-state index in [-0.39, 0.29) is 12.0 Å². The summed E-state index contributed by atoms with van der Waals surface area (Å²) in [6.07, 6.45) is 0.708. The maximum atomic E-state index is 12.0. The first-order valence-corrected chi connectivity index (χ1v) is 7.20. The fraction of sp³-hybridized carbons (Fsp3) is 0.267. The van der Waals surface area contributed by atoms with Gasteiger partial charge in [-0.15, -0.1) is 11.3 Å². The Bertz CT molecular complexity index is 565. The second kappa shape index (κ2) is 5.55. The van der Waals surface area contributed by atoms with Crippen LogP contribution in [0.25, 0.3) is 0 Å². The molecule has 1 aliphatic heterocycles. The van der Waals surface area contributed by atoms with Crippen molar-refractivity contribution in [3.05, 3.63) is 57.8 Å². The zero-order valence-corrected chi connectivity index (χ0v) is 11.3. The number of ether oxygens (including phenoxy) is 1. The number of hydrogen-bond acceptors (Lipinski definition) is 4. The lowest BCUT2D eigenvalue weighted by Crippen LogP contribution is -2.42. The van der Waals surface area contributed by atoms with E-state index >= 15 is 0 Å². The third-order valence-electron chi connectivity index (χ3n) is 3.30. The van der Waals surface area contributed by atoms with Crippen molar-refractivity contribution in [3.8, 4) is 0 Å². The lowest BCUT2D eigenvalue weighted by atomic mass is 9.96. The van der Waals surface area contributed by atoms with Crippen molar-refractivity contribution in [2.75, 3.05) is 0 Å². The summed E-state index contributed by atoms with van der Waals surface area (Å²) in [5.74, 6) is -0.164. The molecule has 4 heteroatoms. The first kappa shape index (κ1) is 12.4. The predicted molar refractivity (Wildman–Crippen MR) is 74.9 cm³/mol. The molecule has 0 spiro atoms. The second-order valence-corrected chi connectivity index (χ2v) is 5.63. The van der Waals surface area contributed by atoms with Crippen LogP contribution in [0.1, 0.15) is 16.0 Å². The van der Waals surface area contributed by atoms with Gasteiger partial charge in [-0.1, -0.05) is 30.3 Å². The third kappa shape index (κ3) is 2.85. The van der Waals surface area contributed by atoms with Crippen LogP contribution in [0.5, 0.6) is 0 Å². The summed E-state index contributed by atoms with van der Waals surface area (Å²) in [6.45, 7) is 1.10. The molecular formula is C15H15NO2S. The van der Waals surface area contributed by atoms with E-state index in [4.69, 9.17) is 4.74 Å². The molecule has 1 aliphatic rings. The van der Waals surface area contributed by atoms with Gasteiger partial charge in [-0.2, -0.15) is 0 Å². The second-order valence-electron chi connectivity index (χ2n) is 4.59. The number of carbonyl (C=O) groups is 1. The molecule has 0 unspecified atom stereocenters. The standard InChI is InChI=1S/C15H15NO2S/c17-15(18-10-13-6-3-7-19-13)14-8-11-4-1-2-5-12(11)9-16-14/h1-7,14,16H,8-10H2/t14-/m1/s1. The van der Waals surface area contributed by atoms with Crippen molar-refractivity contribution in [3.63, 3.8) is 0 Å². The Hall–Kier alpha value is -1.65. The van der Waals surface area contributed by atoms with Crippen molar-refractivity contribution in [2.45, 2.75) is 25.6 Å². The zero-order chi connectivity index (χ0) is 13.1. The molecule has 0 aliphatic carbocycles. The molecule has 0 saturated carbocycles. The monoisotopic (exact) mass is 273 g/mol. The van der Waals surface area contributed by atoms with Gasteiger partial charge in [0.05, 0.1) is 0 Å². The van der Waals surface area contributed by atoms with Gasteiger partial charge < -0.3 is 10.1 Å². The maximum Gasteiger partial charge on any atom is 0.323 e. The van der Waals surface area contributed by atoms with Gasteiger partial charge in [0.25, 0.3) is 0 Å². The quantitative estimate of drug-likeness (QED) is 0.873. The number of fused-ring (bicyclic) bond motifs is 1. The van der Waals surface area contributed by atoms with Crippen LogP contribution in [0.15, 0.2) is 41.8 Å². The summed E-state index contributed by atoms with van der Waals surface area (Å²) in [5.41, 5.74) is 2.50. The predicted octanol–water partition coefficient (Wildman–Crippen LogP) is 2.51. The molecule has 2 aromatic rings. The van der Waals surface area contributed by atoms with Crippen molar-refractivity contribution in [1.29, 1.82) is 0 Å². The minimum absolute atomic E-state index is 0.164. The Kier molecular flexibility index (Phi) is 3.62. The van der Waals surface area contributed by atoms with Crippen molar-refractivity contribution >= 4 is 17.3 Å². The molecule has 0 bridgehead atoms. The Morgan fingerprint density at radius 2 is 2.11 bits per heavy atom. The van der Waals surface area contributed by atoms with Crippen LogP contribution in [-0.4, -0.2) is 12.0 Å². The summed E-state index contributed by atoms with van der Waals surface area (Å²) in [4.78, 5) is 13.1. The van der Waals surface area contributed by atoms with E-state index in [1.54, 1.807) is 11.3 Å². The molecule has 1 aromatic carbocycles. The van der Waals surface area contributed by atoms with E-state index in [1.807, 2.05) is 29.6 Å². The Morgan fingerprint density at radius 1 is 1.26 bits per heavy atom. The number of esters is 1. The summed E-state index contributed by atoms with van der Waals surface area (Å²) in [5, 5.41) is 5.22. The van der Waals surface area contributed by atoms with Crippen molar-refractivity contribution in [1.82, 2.24) is 5.32 Å². The fourth-order valence-corrected chi connectivity index (χ4v) is 2.87. The van der Waals surface area contributed by atoms with Gasteiger partial charge in [0.2, 0.25) is 0 Å². The Labute approximate surface area is 116 Å². The molecule has 1 N–H and O–H groups in total. The minimum atomic E-state index is -0.227. The van der Waals surface area contributed by atoms with Gasteiger partial charge >= 0.3 is 5.97 Å². The van der Waals surface area contributed by atoms with Gasteiger partial charge in [0.1, 0.15) is 12.6 Å². The number of nitrogens with one attached hydrogen (secondary N) is 1. The van der Waals surface area contributed by atoms with Gasteiger partial charge in [-0.25, -0.2) is 0 Å². The molecule has 2 heterocycles. The van der Waals surface area contributed by atoms with Crippen LogP contribution in [0.4, 0.5) is 0 Å². The van der Waals surface area contributed by atoms with Crippen LogP contribution in [0, 0.1) is 0 Å². The highest BCUT2D eigenvalue weighted by molar-refractivity contribution is 7.09. The summed E-state index contributed by atoms with van der Waals surface area (Å²) < 4.78 is 5.35. The van der Waals surface area contributed by atoms with E-state index in [9.17, 15) is 4.79 Å². The lowest BCUT2D eigenvalue weighted by Gasteiger charge is -2.24. The molecule has 0 fully saturated rings. The van der Waals surface area contributed by atoms with Crippen LogP contribution in [0.2, 0.25) is 0 Å². The number of carbonyl (C=O) groups excluding carboxylic acids is 1. The van der Waals surface area contributed by atoms with Gasteiger partial charge in [-0.3, -0.25) is 4.79 Å². The number of benzene rings is 1. The number of rotatable bonds is 3. The van der Waals surface area contributed by atoms with Crippen molar-refractivity contribution in [2.24, 2.45) is 0 Å². The lowest BCUT2D eigenvalue weighted by molar-refractivity contribution is -0.147. The molecule has 3 rings (SSSR count). The highest BCUT2D eigenvalue weighted by Gasteiger charge is 2.25. The van der Waals surface area contributed by atoms with E-state index < -0.39 is 0 Å². The fourth-order valence-electron chi connectivity index (χ4n) is 2.26. The molecule has 0 amide bonds. The average molecular weight is 273 g/mol. The van der Waals surface area contributed by atoms with Crippen LogP contribution in [-0.2, 0) is 29.1 Å². The number of hydrogen-bond donors (Lipinski definition) is 1. The SMILES string of the molecule is O=C(OCc1cccs1)[C@H]1Cc2ccccc2CN1. The highest BCUT2D eigenvalue weighted by atomic mass is 32.1. The number of thiophene rings is 1. The summed E-state index contributed by atoms with van der Waals surface area (Å²) in [6, 6.07) is 11.9. The molecule has 98 valence electrons. The molecule has 0 saturated heterocycles. The van der Waals surface area contributed by atoms with E-state index in [0.717, 1.165) is 11.4 Å². The van der Waals surface area contributed by atoms with Gasteiger partial charge in [-0.05, 0) is 29.0 Å². The molecule has 3 nitrogen and oxygen atoms in total.